The highest BCUT2D eigenvalue weighted by atomic mass is 16.5. The van der Waals surface area contributed by atoms with Crippen molar-refractivity contribution in [3.63, 3.8) is 0 Å². The van der Waals surface area contributed by atoms with Gasteiger partial charge in [0.2, 0.25) is 0 Å². The Kier molecular flexibility index (Phi) is 6.83. The van der Waals surface area contributed by atoms with Gasteiger partial charge in [-0.1, -0.05) is 18.2 Å². The molecule has 0 aliphatic heterocycles. The van der Waals surface area contributed by atoms with Crippen LogP contribution in [0, 0.1) is 0 Å². The van der Waals surface area contributed by atoms with Crippen molar-refractivity contribution in [2.24, 2.45) is 0 Å². The molecule has 1 atom stereocenters. The number of aliphatic hydroxyl groups is 1. The molecule has 0 spiro atoms. The number of carbonyl (C=O) groups excluding carboxylic acids is 1. The van der Waals surface area contributed by atoms with Crippen molar-refractivity contribution in [1.82, 2.24) is 5.32 Å². The first-order chi connectivity index (χ1) is 8.72. The van der Waals surface area contributed by atoms with Crippen LogP contribution in [0.1, 0.15) is 6.92 Å². The number of aliphatic hydroxyl groups excluding tert-OH is 1. The minimum Gasteiger partial charge on any atom is -0.491 e. The Morgan fingerprint density at radius 3 is 2.78 bits per heavy atom. The third-order valence-corrected chi connectivity index (χ3v) is 2.14. The molecule has 0 aromatic heterocycles. The van der Waals surface area contributed by atoms with Crippen LogP contribution in [-0.4, -0.2) is 43.5 Å². The lowest BCUT2D eigenvalue weighted by atomic mass is 10.3. The fraction of sp³-hybridized carbons (Fsp3) is 0.462. The molecule has 18 heavy (non-hydrogen) atoms. The molecule has 0 fully saturated rings. The molecule has 1 rings (SSSR count). The summed E-state index contributed by atoms with van der Waals surface area (Å²) < 4.78 is 10.1. The van der Waals surface area contributed by atoms with Crippen LogP contribution >= 0.6 is 0 Å². The molecule has 0 saturated carbocycles. The maximum absolute atomic E-state index is 11.0. The molecule has 1 aromatic carbocycles. The van der Waals surface area contributed by atoms with Gasteiger partial charge in [0.25, 0.3) is 0 Å². The summed E-state index contributed by atoms with van der Waals surface area (Å²) in [5.74, 6) is 0.385. The van der Waals surface area contributed by atoms with Crippen LogP contribution in [0.25, 0.3) is 0 Å². The summed E-state index contributed by atoms with van der Waals surface area (Å²) in [7, 11) is 0. The van der Waals surface area contributed by atoms with E-state index >= 15 is 0 Å². The van der Waals surface area contributed by atoms with Crippen LogP contribution in [-0.2, 0) is 9.53 Å². The lowest BCUT2D eigenvalue weighted by Crippen LogP contribution is -2.35. The predicted molar refractivity (Wildman–Crippen MR) is 67.4 cm³/mol. The summed E-state index contributed by atoms with van der Waals surface area (Å²) in [6.07, 6.45) is -0.667. The van der Waals surface area contributed by atoms with Crippen LogP contribution in [0.2, 0.25) is 0 Å². The Labute approximate surface area is 107 Å². The van der Waals surface area contributed by atoms with Gasteiger partial charge in [-0.3, -0.25) is 4.79 Å². The molecule has 5 nitrogen and oxygen atoms in total. The van der Waals surface area contributed by atoms with E-state index in [1.807, 2.05) is 30.3 Å². The molecule has 1 aromatic rings. The maximum Gasteiger partial charge on any atom is 0.319 e. The molecule has 0 radical (unpaired) electrons. The minimum absolute atomic E-state index is 0.0935. The van der Waals surface area contributed by atoms with Crippen molar-refractivity contribution >= 4 is 5.97 Å². The highest BCUT2D eigenvalue weighted by Crippen LogP contribution is 2.08. The van der Waals surface area contributed by atoms with Gasteiger partial charge in [0, 0.05) is 6.54 Å². The Balaban J connectivity index is 2.11. The van der Waals surface area contributed by atoms with Crippen LogP contribution in [0.3, 0.4) is 0 Å². The molecule has 0 aliphatic rings. The van der Waals surface area contributed by atoms with Crippen molar-refractivity contribution in [2.45, 2.75) is 13.0 Å². The van der Waals surface area contributed by atoms with Gasteiger partial charge in [0.15, 0.2) is 0 Å². The highest BCUT2D eigenvalue weighted by Gasteiger charge is 2.06. The summed E-state index contributed by atoms with van der Waals surface area (Å²) in [4.78, 5) is 11.0. The van der Waals surface area contributed by atoms with Crippen LogP contribution in [0.15, 0.2) is 30.3 Å². The van der Waals surface area contributed by atoms with Gasteiger partial charge in [-0.2, -0.15) is 0 Å². The number of hydrogen-bond donors (Lipinski definition) is 2. The standard InChI is InChI=1S/C13H19NO4/c1-2-17-13(16)9-14-8-11(15)10-18-12-6-4-3-5-7-12/h3-7,11,14-15H,2,8-10H2,1H3/t11-/m1/s1. The van der Waals surface area contributed by atoms with Crippen LogP contribution < -0.4 is 10.1 Å². The monoisotopic (exact) mass is 253 g/mol. The van der Waals surface area contributed by atoms with Gasteiger partial charge in [-0.05, 0) is 19.1 Å². The van der Waals surface area contributed by atoms with E-state index in [0.29, 0.717) is 12.4 Å². The SMILES string of the molecule is CCOC(=O)CNC[C@@H](O)COc1ccccc1. The van der Waals surface area contributed by atoms with Crippen LogP contribution in [0.4, 0.5) is 0 Å². The van der Waals surface area contributed by atoms with E-state index in [4.69, 9.17) is 9.47 Å². The Morgan fingerprint density at radius 1 is 1.39 bits per heavy atom. The summed E-state index contributed by atoms with van der Waals surface area (Å²) in [5.41, 5.74) is 0. The number of esters is 1. The van der Waals surface area contributed by atoms with Gasteiger partial charge in [-0.25, -0.2) is 0 Å². The largest absolute Gasteiger partial charge is 0.491 e. The second-order valence-electron chi connectivity index (χ2n) is 3.71. The average Bonchev–Trinajstić information content (AvgIpc) is 2.38. The van der Waals surface area contributed by atoms with E-state index in [9.17, 15) is 9.90 Å². The normalized spacial score (nSPS) is 11.9. The van der Waals surface area contributed by atoms with Gasteiger partial charge in [0.05, 0.1) is 13.2 Å². The second-order valence-corrected chi connectivity index (χ2v) is 3.71. The quantitative estimate of drug-likeness (QED) is 0.663. The van der Waals surface area contributed by atoms with E-state index in [2.05, 4.69) is 5.32 Å². The molecule has 5 heteroatoms. The summed E-state index contributed by atoms with van der Waals surface area (Å²) in [6, 6.07) is 9.25. The molecule has 0 aliphatic carbocycles. The Hall–Kier alpha value is -1.59. The molecule has 0 heterocycles. The lowest BCUT2D eigenvalue weighted by molar-refractivity contribution is -0.142. The van der Waals surface area contributed by atoms with E-state index < -0.39 is 6.10 Å². The molecule has 2 N–H and O–H groups in total. The van der Waals surface area contributed by atoms with Gasteiger partial charge in [0.1, 0.15) is 18.5 Å². The number of nitrogens with one attached hydrogen (secondary N) is 1. The minimum atomic E-state index is -0.667. The number of para-hydroxylation sites is 1. The zero-order valence-corrected chi connectivity index (χ0v) is 10.5. The Bertz CT molecular complexity index is 342. The van der Waals surface area contributed by atoms with Crippen molar-refractivity contribution in [3.05, 3.63) is 30.3 Å². The van der Waals surface area contributed by atoms with Gasteiger partial charge >= 0.3 is 5.97 Å². The first-order valence-corrected chi connectivity index (χ1v) is 5.94. The topological polar surface area (TPSA) is 67.8 Å². The number of ether oxygens (including phenoxy) is 2. The third kappa shape index (κ3) is 6.22. The molecule has 0 amide bonds. The predicted octanol–water partition coefficient (Wildman–Crippen LogP) is 0.579. The molecular formula is C13H19NO4. The first kappa shape index (κ1) is 14.5. The summed E-state index contributed by atoms with van der Waals surface area (Å²) in [5, 5.41) is 12.4. The summed E-state index contributed by atoms with van der Waals surface area (Å²) >= 11 is 0. The molecule has 100 valence electrons. The molecule has 0 unspecified atom stereocenters. The zero-order valence-electron chi connectivity index (χ0n) is 10.5. The molecule has 0 saturated heterocycles. The first-order valence-electron chi connectivity index (χ1n) is 5.94. The number of rotatable bonds is 8. The second kappa shape index (κ2) is 8.49. The van der Waals surface area contributed by atoms with Crippen molar-refractivity contribution in [3.8, 4) is 5.75 Å². The van der Waals surface area contributed by atoms with Gasteiger partial charge < -0.3 is 19.9 Å². The number of hydrogen-bond acceptors (Lipinski definition) is 5. The van der Waals surface area contributed by atoms with Crippen molar-refractivity contribution < 1.29 is 19.4 Å². The van der Waals surface area contributed by atoms with E-state index in [-0.39, 0.29) is 25.7 Å². The highest BCUT2D eigenvalue weighted by molar-refractivity contribution is 5.71. The lowest BCUT2D eigenvalue weighted by Gasteiger charge is -2.12. The zero-order chi connectivity index (χ0) is 13.2. The molecule has 0 bridgehead atoms. The number of benzene rings is 1. The van der Waals surface area contributed by atoms with E-state index in [1.165, 1.54) is 0 Å². The van der Waals surface area contributed by atoms with E-state index in [1.54, 1.807) is 6.92 Å². The average molecular weight is 253 g/mol. The fourth-order valence-electron chi connectivity index (χ4n) is 1.32. The fourth-order valence-corrected chi connectivity index (χ4v) is 1.32. The Morgan fingerprint density at radius 2 is 2.11 bits per heavy atom. The van der Waals surface area contributed by atoms with Crippen molar-refractivity contribution in [1.29, 1.82) is 0 Å². The summed E-state index contributed by atoms with van der Waals surface area (Å²) in [6.45, 7) is 2.67. The molecular weight excluding hydrogens is 234 g/mol. The van der Waals surface area contributed by atoms with E-state index in [0.717, 1.165) is 0 Å². The maximum atomic E-state index is 11.0. The third-order valence-electron chi connectivity index (χ3n) is 2.14. The van der Waals surface area contributed by atoms with Crippen molar-refractivity contribution in [2.75, 3.05) is 26.3 Å². The van der Waals surface area contributed by atoms with Crippen LogP contribution in [0.5, 0.6) is 5.75 Å². The van der Waals surface area contributed by atoms with Gasteiger partial charge in [-0.15, -0.1) is 0 Å². The smallest absolute Gasteiger partial charge is 0.319 e. The number of carbonyl (C=O) groups is 1.